The number of carboxylic acid groups (broad SMARTS) is 1. The predicted molar refractivity (Wildman–Crippen MR) is 62.6 cm³/mol. The minimum atomic E-state index is -0.870. The molecular formula is C13H17NO4. The van der Waals surface area contributed by atoms with Crippen LogP contribution >= 0.6 is 0 Å². The Labute approximate surface area is 105 Å². The summed E-state index contributed by atoms with van der Waals surface area (Å²) in [5, 5.41) is 18.8. The van der Waals surface area contributed by atoms with Crippen LogP contribution in [-0.4, -0.2) is 46.2 Å². The summed E-state index contributed by atoms with van der Waals surface area (Å²) in [5.41, 5.74) is 0. The summed E-state index contributed by atoms with van der Waals surface area (Å²) in [7, 11) is 0. The van der Waals surface area contributed by atoms with E-state index in [1.54, 1.807) is 4.90 Å². The molecule has 5 atom stereocenters. The third-order valence-corrected chi connectivity index (χ3v) is 4.50. The molecule has 2 aliphatic carbocycles. The number of hydrogen-bond donors (Lipinski definition) is 2. The van der Waals surface area contributed by atoms with Crippen LogP contribution < -0.4 is 0 Å². The second-order valence-electron chi connectivity index (χ2n) is 5.56. The van der Waals surface area contributed by atoms with Crippen molar-refractivity contribution in [3.8, 4) is 0 Å². The normalized spacial score (nSPS) is 41.6. The monoisotopic (exact) mass is 251 g/mol. The summed E-state index contributed by atoms with van der Waals surface area (Å²) in [6.45, 7) is 0.896. The van der Waals surface area contributed by atoms with Crippen LogP contribution in [0.3, 0.4) is 0 Å². The maximum absolute atomic E-state index is 12.4. The van der Waals surface area contributed by atoms with Crippen molar-refractivity contribution in [3.63, 3.8) is 0 Å². The van der Waals surface area contributed by atoms with E-state index in [9.17, 15) is 19.8 Å². The van der Waals surface area contributed by atoms with Crippen molar-refractivity contribution >= 4 is 11.9 Å². The highest BCUT2D eigenvalue weighted by Crippen LogP contribution is 2.48. The molecule has 1 saturated carbocycles. The standard InChI is InChI=1S/C13H17NO4/c15-9-3-4-14(6-9)12(16)10-7-1-2-8(5-7)11(10)13(17)18/h1-2,7-11,15H,3-6H2,(H,17,18)/t7?,8?,9-,10?,11?/m1/s1. The molecule has 2 fully saturated rings. The fraction of sp³-hybridized carbons (Fsp3) is 0.692. The number of aliphatic carboxylic acids is 1. The van der Waals surface area contributed by atoms with Crippen LogP contribution in [0.5, 0.6) is 0 Å². The Kier molecular flexibility index (Phi) is 2.66. The van der Waals surface area contributed by atoms with Gasteiger partial charge in [-0.1, -0.05) is 12.2 Å². The smallest absolute Gasteiger partial charge is 0.307 e. The van der Waals surface area contributed by atoms with Gasteiger partial charge >= 0.3 is 5.97 Å². The molecule has 4 unspecified atom stereocenters. The molecule has 1 aliphatic heterocycles. The number of hydrogen-bond acceptors (Lipinski definition) is 3. The minimum absolute atomic E-state index is 0.00831. The molecule has 0 aromatic rings. The minimum Gasteiger partial charge on any atom is -0.481 e. The molecule has 1 saturated heterocycles. The van der Waals surface area contributed by atoms with Crippen molar-refractivity contribution in [2.75, 3.05) is 13.1 Å². The SMILES string of the molecule is O=C(O)C1C2C=CC(C2)C1C(=O)N1CC[C@@H](O)C1. The summed E-state index contributed by atoms with van der Waals surface area (Å²) >= 11 is 0. The molecular weight excluding hydrogens is 234 g/mol. The van der Waals surface area contributed by atoms with Crippen LogP contribution in [0.1, 0.15) is 12.8 Å². The van der Waals surface area contributed by atoms with Gasteiger partial charge in [-0.15, -0.1) is 0 Å². The van der Waals surface area contributed by atoms with Crippen LogP contribution in [-0.2, 0) is 9.59 Å². The molecule has 0 aromatic heterocycles. The van der Waals surface area contributed by atoms with E-state index in [-0.39, 0.29) is 17.7 Å². The van der Waals surface area contributed by atoms with E-state index in [4.69, 9.17) is 0 Å². The maximum atomic E-state index is 12.4. The average Bonchev–Trinajstić information content (AvgIpc) is 3.01. The summed E-state index contributed by atoms with van der Waals surface area (Å²) in [5.74, 6) is -1.89. The van der Waals surface area contributed by atoms with Gasteiger partial charge < -0.3 is 15.1 Å². The molecule has 3 rings (SSSR count). The van der Waals surface area contributed by atoms with Gasteiger partial charge in [0.05, 0.1) is 17.9 Å². The molecule has 1 heterocycles. The van der Waals surface area contributed by atoms with E-state index < -0.39 is 23.9 Å². The second kappa shape index (κ2) is 4.09. The van der Waals surface area contributed by atoms with Gasteiger partial charge in [0.15, 0.2) is 0 Å². The Hall–Kier alpha value is -1.36. The zero-order valence-corrected chi connectivity index (χ0v) is 10.0. The molecule has 5 heteroatoms. The molecule has 2 N–H and O–H groups in total. The van der Waals surface area contributed by atoms with Crippen LogP contribution in [0.4, 0.5) is 0 Å². The number of rotatable bonds is 2. The number of likely N-dealkylation sites (tertiary alicyclic amines) is 1. The first kappa shape index (κ1) is 11.7. The number of β-amino-alcohol motifs (C(OH)–C–C–N with tert-alkyl or cyclic N) is 1. The van der Waals surface area contributed by atoms with Gasteiger partial charge in [-0.3, -0.25) is 9.59 Å². The first-order valence-corrected chi connectivity index (χ1v) is 6.46. The second-order valence-corrected chi connectivity index (χ2v) is 5.56. The van der Waals surface area contributed by atoms with Gasteiger partial charge in [-0.05, 0) is 24.7 Å². The van der Waals surface area contributed by atoms with Crippen LogP contribution in [0.15, 0.2) is 12.2 Å². The van der Waals surface area contributed by atoms with Gasteiger partial charge in [0, 0.05) is 13.1 Å². The Morgan fingerprint density at radius 3 is 2.39 bits per heavy atom. The number of amides is 1. The van der Waals surface area contributed by atoms with Gasteiger partial charge in [0.25, 0.3) is 0 Å². The summed E-state index contributed by atoms with van der Waals surface area (Å²) < 4.78 is 0. The van der Waals surface area contributed by atoms with Crippen molar-refractivity contribution in [1.82, 2.24) is 4.90 Å². The molecule has 5 nitrogen and oxygen atoms in total. The third-order valence-electron chi connectivity index (χ3n) is 4.50. The number of carbonyl (C=O) groups excluding carboxylic acids is 1. The van der Waals surface area contributed by atoms with Crippen molar-refractivity contribution in [3.05, 3.63) is 12.2 Å². The van der Waals surface area contributed by atoms with Crippen molar-refractivity contribution in [2.24, 2.45) is 23.7 Å². The Morgan fingerprint density at radius 1 is 1.17 bits per heavy atom. The Morgan fingerprint density at radius 2 is 1.83 bits per heavy atom. The first-order chi connectivity index (χ1) is 8.58. The summed E-state index contributed by atoms with van der Waals surface area (Å²) in [4.78, 5) is 25.4. The largest absolute Gasteiger partial charge is 0.481 e. The lowest BCUT2D eigenvalue weighted by molar-refractivity contribution is -0.150. The van der Waals surface area contributed by atoms with Crippen LogP contribution in [0.2, 0.25) is 0 Å². The predicted octanol–water partition coefficient (Wildman–Crippen LogP) is 0.102. The van der Waals surface area contributed by atoms with Gasteiger partial charge in [0.2, 0.25) is 5.91 Å². The average molecular weight is 251 g/mol. The van der Waals surface area contributed by atoms with E-state index >= 15 is 0 Å². The molecule has 0 aromatic carbocycles. The lowest BCUT2D eigenvalue weighted by Gasteiger charge is -2.28. The Bertz CT molecular complexity index is 419. The maximum Gasteiger partial charge on any atom is 0.307 e. The van der Waals surface area contributed by atoms with Gasteiger partial charge in [0.1, 0.15) is 0 Å². The molecule has 0 radical (unpaired) electrons. The number of nitrogens with zero attached hydrogens (tertiary/aromatic N) is 1. The molecule has 2 bridgehead atoms. The quantitative estimate of drug-likeness (QED) is 0.682. The number of carboxylic acids is 1. The fourth-order valence-electron chi connectivity index (χ4n) is 3.65. The van der Waals surface area contributed by atoms with Crippen LogP contribution in [0.25, 0.3) is 0 Å². The van der Waals surface area contributed by atoms with Gasteiger partial charge in [-0.2, -0.15) is 0 Å². The number of allylic oxidation sites excluding steroid dienone is 2. The molecule has 0 spiro atoms. The molecule has 18 heavy (non-hydrogen) atoms. The molecule has 1 amide bonds. The van der Waals surface area contributed by atoms with E-state index in [1.165, 1.54) is 0 Å². The van der Waals surface area contributed by atoms with E-state index in [2.05, 4.69) is 0 Å². The highest BCUT2D eigenvalue weighted by molar-refractivity contribution is 5.87. The zero-order valence-electron chi connectivity index (χ0n) is 10.0. The number of aliphatic hydroxyl groups excluding tert-OH is 1. The summed E-state index contributed by atoms with van der Waals surface area (Å²) in [6.07, 6.45) is 4.85. The lowest BCUT2D eigenvalue weighted by Crippen LogP contribution is -2.42. The lowest BCUT2D eigenvalue weighted by atomic mass is 9.82. The van der Waals surface area contributed by atoms with Gasteiger partial charge in [-0.25, -0.2) is 0 Å². The van der Waals surface area contributed by atoms with Crippen molar-refractivity contribution in [1.29, 1.82) is 0 Å². The zero-order chi connectivity index (χ0) is 12.9. The van der Waals surface area contributed by atoms with E-state index in [0.717, 1.165) is 6.42 Å². The highest BCUT2D eigenvalue weighted by atomic mass is 16.4. The first-order valence-electron chi connectivity index (χ1n) is 6.46. The van der Waals surface area contributed by atoms with Crippen molar-refractivity contribution in [2.45, 2.75) is 18.9 Å². The van der Waals surface area contributed by atoms with E-state index in [1.807, 2.05) is 12.2 Å². The molecule has 3 aliphatic rings. The highest BCUT2D eigenvalue weighted by Gasteiger charge is 2.52. The fourth-order valence-corrected chi connectivity index (χ4v) is 3.65. The van der Waals surface area contributed by atoms with Crippen LogP contribution in [0, 0.1) is 23.7 Å². The summed E-state index contributed by atoms with van der Waals surface area (Å²) in [6, 6.07) is 0. The van der Waals surface area contributed by atoms with E-state index in [0.29, 0.717) is 19.5 Å². The molecule has 98 valence electrons. The topological polar surface area (TPSA) is 77.8 Å². The number of fused-ring (bicyclic) bond motifs is 2. The Balaban J connectivity index is 1.80. The number of carbonyl (C=O) groups is 2. The third kappa shape index (κ3) is 1.65. The number of aliphatic hydroxyl groups is 1. The van der Waals surface area contributed by atoms with Crippen molar-refractivity contribution < 1.29 is 19.8 Å².